The second-order valence-corrected chi connectivity index (χ2v) is 4.30. The average molecular weight is 274 g/mol. The van der Waals surface area contributed by atoms with Crippen molar-refractivity contribution >= 4 is 41.1 Å². The third kappa shape index (κ3) is 3.80. The fourth-order valence-corrected chi connectivity index (χ4v) is 1.68. The van der Waals surface area contributed by atoms with E-state index < -0.39 is 0 Å². The second-order valence-electron chi connectivity index (χ2n) is 3.49. The van der Waals surface area contributed by atoms with Crippen LogP contribution >= 0.6 is 23.2 Å². The molecule has 7 heteroatoms. The molecule has 0 aliphatic heterocycles. The molecule has 0 heterocycles. The standard InChI is InChI=1S/C10H13Cl2N5/c1-17(2)6-3-8(11)7(9(12)4-6)5-15-16-10(13)14/h3-5H,1-2H3,(H4,13,14,16)/b15-5+. The second kappa shape index (κ2) is 5.75. The van der Waals surface area contributed by atoms with Crippen molar-refractivity contribution in [3.05, 3.63) is 27.7 Å². The molecule has 0 amide bonds. The molecule has 0 atom stereocenters. The molecule has 0 radical (unpaired) electrons. The number of halogens is 2. The molecule has 0 saturated carbocycles. The molecule has 4 N–H and O–H groups in total. The van der Waals surface area contributed by atoms with E-state index in [4.69, 9.17) is 34.7 Å². The molecule has 0 aromatic heterocycles. The van der Waals surface area contributed by atoms with Crippen molar-refractivity contribution in [2.24, 2.45) is 21.7 Å². The van der Waals surface area contributed by atoms with E-state index in [-0.39, 0.29) is 5.96 Å². The van der Waals surface area contributed by atoms with Gasteiger partial charge in [-0.3, -0.25) is 0 Å². The van der Waals surface area contributed by atoms with Gasteiger partial charge >= 0.3 is 0 Å². The summed E-state index contributed by atoms with van der Waals surface area (Å²) < 4.78 is 0. The lowest BCUT2D eigenvalue weighted by molar-refractivity contribution is 1.13. The monoisotopic (exact) mass is 273 g/mol. The summed E-state index contributed by atoms with van der Waals surface area (Å²) in [5.74, 6) is -0.126. The first-order chi connectivity index (χ1) is 7.91. The lowest BCUT2D eigenvalue weighted by Crippen LogP contribution is -2.21. The van der Waals surface area contributed by atoms with Crippen LogP contribution in [0.4, 0.5) is 5.69 Å². The smallest absolute Gasteiger partial charge is 0.211 e. The quantitative estimate of drug-likeness (QED) is 0.500. The Labute approximate surface area is 110 Å². The highest BCUT2D eigenvalue weighted by atomic mass is 35.5. The summed E-state index contributed by atoms with van der Waals surface area (Å²) >= 11 is 12.2. The number of anilines is 1. The molecule has 17 heavy (non-hydrogen) atoms. The molecule has 1 aromatic carbocycles. The number of rotatable bonds is 3. The van der Waals surface area contributed by atoms with E-state index in [1.807, 2.05) is 19.0 Å². The van der Waals surface area contributed by atoms with E-state index in [1.54, 1.807) is 12.1 Å². The maximum Gasteiger partial charge on any atom is 0.211 e. The van der Waals surface area contributed by atoms with Crippen LogP contribution in [0.15, 0.2) is 22.3 Å². The lowest BCUT2D eigenvalue weighted by Gasteiger charge is -2.14. The van der Waals surface area contributed by atoms with Crippen LogP contribution in [-0.2, 0) is 0 Å². The van der Waals surface area contributed by atoms with Crippen LogP contribution < -0.4 is 16.4 Å². The Kier molecular flexibility index (Phi) is 4.60. The van der Waals surface area contributed by atoms with Crippen molar-refractivity contribution in [1.29, 1.82) is 0 Å². The number of hydrogen-bond acceptors (Lipinski definition) is 3. The molecule has 0 aliphatic rings. The maximum atomic E-state index is 6.08. The zero-order chi connectivity index (χ0) is 13.0. The molecule has 0 fully saturated rings. The largest absolute Gasteiger partial charge is 0.378 e. The number of benzene rings is 1. The maximum absolute atomic E-state index is 6.08. The van der Waals surface area contributed by atoms with Crippen molar-refractivity contribution in [3.63, 3.8) is 0 Å². The Morgan fingerprint density at radius 2 is 1.76 bits per heavy atom. The van der Waals surface area contributed by atoms with Crippen LogP contribution in [0.25, 0.3) is 0 Å². The minimum absolute atomic E-state index is 0.126. The first kappa shape index (κ1) is 13.6. The van der Waals surface area contributed by atoms with Crippen molar-refractivity contribution in [3.8, 4) is 0 Å². The third-order valence-electron chi connectivity index (χ3n) is 1.94. The van der Waals surface area contributed by atoms with Gasteiger partial charge in [-0.1, -0.05) is 23.2 Å². The molecular formula is C10H13Cl2N5. The summed E-state index contributed by atoms with van der Waals surface area (Å²) in [6.45, 7) is 0. The average Bonchev–Trinajstić information content (AvgIpc) is 2.21. The van der Waals surface area contributed by atoms with Gasteiger partial charge in [0.1, 0.15) is 0 Å². The first-order valence-corrected chi connectivity index (χ1v) is 5.45. The van der Waals surface area contributed by atoms with Gasteiger partial charge in [0, 0.05) is 25.3 Å². The number of nitrogens with zero attached hydrogens (tertiary/aromatic N) is 3. The van der Waals surface area contributed by atoms with E-state index in [9.17, 15) is 0 Å². The zero-order valence-corrected chi connectivity index (χ0v) is 11.0. The van der Waals surface area contributed by atoms with E-state index in [0.717, 1.165) is 5.69 Å². The molecule has 1 rings (SSSR count). The van der Waals surface area contributed by atoms with Gasteiger partial charge < -0.3 is 16.4 Å². The highest BCUT2D eigenvalue weighted by Crippen LogP contribution is 2.28. The number of nitrogens with two attached hydrogens (primary N) is 2. The summed E-state index contributed by atoms with van der Waals surface area (Å²) in [4.78, 5) is 1.90. The molecular weight excluding hydrogens is 261 g/mol. The molecule has 5 nitrogen and oxygen atoms in total. The number of hydrogen-bond donors (Lipinski definition) is 2. The summed E-state index contributed by atoms with van der Waals surface area (Å²) in [5, 5.41) is 8.11. The van der Waals surface area contributed by atoms with Crippen molar-refractivity contribution in [2.45, 2.75) is 0 Å². The number of guanidine groups is 1. The third-order valence-corrected chi connectivity index (χ3v) is 2.57. The van der Waals surface area contributed by atoms with Crippen LogP contribution in [0, 0.1) is 0 Å². The molecule has 1 aromatic rings. The minimum Gasteiger partial charge on any atom is -0.378 e. The lowest BCUT2D eigenvalue weighted by atomic mass is 10.2. The van der Waals surface area contributed by atoms with Gasteiger partial charge in [-0.25, -0.2) is 0 Å². The van der Waals surface area contributed by atoms with Gasteiger partial charge in [-0.05, 0) is 12.1 Å². The van der Waals surface area contributed by atoms with Crippen LogP contribution in [-0.4, -0.2) is 26.3 Å². The van der Waals surface area contributed by atoms with Crippen LogP contribution in [0.1, 0.15) is 5.56 Å². The van der Waals surface area contributed by atoms with Gasteiger partial charge in [0.2, 0.25) is 5.96 Å². The molecule has 0 spiro atoms. The van der Waals surface area contributed by atoms with Gasteiger partial charge in [0.05, 0.1) is 16.3 Å². The summed E-state index contributed by atoms with van der Waals surface area (Å²) in [6, 6.07) is 3.56. The zero-order valence-electron chi connectivity index (χ0n) is 9.48. The van der Waals surface area contributed by atoms with Crippen LogP contribution in [0.5, 0.6) is 0 Å². The Morgan fingerprint density at radius 1 is 1.24 bits per heavy atom. The fraction of sp³-hybridized carbons (Fsp3) is 0.200. The van der Waals surface area contributed by atoms with E-state index >= 15 is 0 Å². The Hall–Kier alpha value is -1.46. The molecule has 0 bridgehead atoms. The predicted molar refractivity (Wildman–Crippen MR) is 74.2 cm³/mol. The van der Waals surface area contributed by atoms with Gasteiger partial charge in [0.15, 0.2) is 0 Å². The molecule has 92 valence electrons. The van der Waals surface area contributed by atoms with Crippen molar-refractivity contribution in [2.75, 3.05) is 19.0 Å². The van der Waals surface area contributed by atoms with E-state index in [0.29, 0.717) is 15.6 Å². The van der Waals surface area contributed by atoms with Crippen molar-refractivity contribution < 1.29 is 0 Å². The highest BCUT2D eigenvalue weighted by Gasteiger charge is 2.07. The predicted octanol–water partition coefficient (Wildman–Crippen LogP) is 1.67. The Morgan fingerprint density at radius 3 is 2.18 bits per heavy atom. The normalized spacial score (nSPS) is 10.6. The topological polar surface area (TPSA) is 80.0 Å². The molecule has 0 saturated heterocycles. The van der Waals surface area contributed by atoms with Crippen molar-refractivity contribution in [1.82, 2.24) is 0 Å². The Balaban J connectivity index is 3.10. The van der Waals surface area contributed by atoms with Gasteiger partial charge in [0.25, 0.3) is 0 Å². The van der Waals surface area contributed by atoms with E-state index in [1.165, 1.54) is 6.21 Å². The molecule has 0 aliphatic carbocycles. The fourth-order valence-electron chi connectivity index (χ4n) is 1.11. The highest BCUT2D eigenvalue weighted by molar-refractivity contribution is 6.39. The first-order valence-electron chi connectivity index (χ1n) is 4.70. The summed E-state index contributed by atoms with van der Waals surface area (Å²) in [6.07, 6.45) is 1.41. The van der Waals surface area contributed by atoms with Gasteiger partial charge in [-0.15, -0.1) is 5.10 Å². The van der Waals surface area contributed by atoms with Crippen LogP contribution in [0.3, 0.4) is 0 Å². The SMILES string of the molecule is CN(C)c1cc(Cl)c(/C=N/N=C(N)N)c(Cl)c1. The summed E-state index contributed by atoms with van der Waals surface area (Å²) in [7, 11) is 3.80. The summed E-state index contributed by atoms with van der Waals surface area (Å²) in [5.41, 5.74) is 11.8. The van der Waals surface area contributed by atoms with E-state index in [2.05, 4.69) is 10.2 Å². The Bertz CT molecular complexity index is 441. The van der Waals surface area contributed by atoms with Gasteiger partial charge in [-0.2, -0.15) is 5.10 Å². The minimum atomic E-state index is -0.126. The van der Waals surface area contributed by atoms with Crippen LogP contribution in [0.2, 0.25) is 10.0 Å². The molecule has 0 unspecified atom stereocenters.